The number of benzene rings is 2. The van der Waals surface area contributed by atoms with Gasteiger partial charge in [0.2, 0.25) is 5.91 Å². The number of carbonyl (C=O) groups excluding carboxylic acids is 1. The lowest BCUT2D eigenvalue weighted by atomic mass is 10.0. The summed E-state index contributed by atoms with van der Waals surface area (Å²) < 4.78 is 0. The van der Waals surface area contributed by atoms with Gasteiger partial charge < -0.3 is 15.8 Å². The molecule has 0 radical (unpaired) electrons. The van der Waals surface area contributed by atoms with E-state index >= 15 is 0 Å². The van der Waals surface area contributed by atoms with Crippen LogP contribution >= 0.6 is 0 Å². The number of aromatic nitrogens is 1. The van der Waals surface area contributed by atoms with Crippen LogP contribution in [0.2, 0.25) is 0 Å². The summed E-state index contributed by atoms with van der Waals surface area (Å²) in [6.07, 6.45) is 0.394. The lowest BCUT2D eigenvalue weighted by Crippen LogP contribution is -2.42. The number of carbonyl (C=O) groups is 1. The minimum atomic E-state index is -0.590. The quantitative estimate of drug-likeness (QED) is 0.536. The number of phenolic OH excluding ortho intramolecular Hbond substituents is 1. The molecule has 1 amide bonds. The minimum absolute atomic E-state index is 0.0542. The zero-order valence-corrected chi connectivity index (χ0v) is 15.4. The number of pyridine rings is 1. The van der Waals surface area contributed by atoms with Crippen molar-refractivity contribution in [2.45, 2.75) is 32.9 Å². The zero-order chi connectivity index (χ0) is 19.6. The Morgan fingerprint density at radius 1 is 1.19 bits per heavy atom. The summed E-state index contributed by atoms with van der Waals surface area (Å²) >= 11 is 0. The van der Waals surface area contributed by atoms with Gasteiger partial charge in [0, 0.05) is 23.7 Å². The Bertz CT molecular complexity index is 1040. The van der Waals surface area contributed by atoms with E-state index in [2.05, 4.69) is 10.3 Å². The molecular weight excluding hydrogens is 342 g/mol. The number of primary amides is 1. The molecule has 1 aromatic heterocycles. The van der Waals surface area contributed by atoms with Gasteiger partial charge in [0.25, 0.3) is 0 Å². The number of hydrogen-bond acceptors (Lipinski definition) is 4. The number of aryl methyl sites for hydroxylation is 2. The van der Waals surface area contributed by atoms with Crippen LogP contribution in [0, 0.1) is 13.8 Å². The summed E-state index contributed by atoms with van der Waals surface area (Å²) in [5.74, 6) is -0.306. The molecule has 1 heterocycles. The Balaban J connectivity index is 1.80. The third-order valence-corrected chi connectivity index (χ3v) is 4.59. The van der Waals surface area contributed by atoms with Gasteiger partial charge in [-0.1, -0.05) is 18.2 Å². The van der Waals surface area contributed by atoms with Crippen molar-refractivity contribution in [2.75, 3.05) is 0 Å². The Morgan fingerprint density at radius 3 is 2.56 bits per heavy atom. The molecule has 140 valence electrons. The Labute approximate surface area is 157 Å². The molecule has 0 aliphatic carbocycles. The third kappa shape index (κ3) is 4.35. The van der Waals surface area contributed by atoms with Gasteiger partial charge in [-0.25, -0.2) is 0 Å². The highest BCUT2D eigenvalue weighted by atomic mass is 16.3. The first-order valence-electron chi connectivity index (χ1n) is 8.77. The molecule has 0 saturated carbocycles. The third-order valence-electron chi connectivity index (χ3n) is 4.59. The molecule has 6 nitrogen and oxygen atoms in total. The van der Waals surface area contributed by atoms with E-state index in [9.17, 15) is 14.7 Å². The average molecular weight is 365 g/mol. The summed E-state index contributed by atoms with van der Waals surface area (Å²) in [4.78, 5) is 27.5. The highest BCUT2D eigenvalue weighted by Crippen LogP contribution is 2.16. The Kier molecular flexibility index (Phi) is 5.28. The van der Waals surface area contributed by atoms with Crippen LogP contribution < -0.4 is 16.5 Å². The maximum absolute atomic E-state index is 12.4. The van der Waals surface area contributed by atoms with Crippen molar-refractivity contribution >= 4 is 16.8 Å². The topological polar surface area (TPSA) is 108 Å². The van der Waals surface area contributed by atoms with Gasteiger partial charge in [0.05, 0.1) is 11.6 Å². The Hall–Kier alpha value is -3.12. The summed E-state index contributed by atoms with van der Waals surface area (Å²) in [6, 6.07) is 11.5. The normalized spacial score (nSPS) is 12.2. The molecule has 6 heteroatoms. The van der Waals surface area contributed by atoms with Crippen molar-refractivity contribution < 1.29 is 9.90 Å². The molecule has 0 spiro atoms. The van der Waals surface area contributed by atoms with E-state index in [0.717, 1.165) is 22.2 Å². The fourth-order valence-electron chi connectivity index (χ4n) is 3.23. The lowest BCUT2D eigenvalue weighted by Gasteiger charge is -2.16. The number of rotatable bonds is 6. The number of fused-ring (bicyclic) bond motifs is 1. The minimum Gasteiger partial charge on any atom is -0.508 e. The van der Waals surface area contributed by atoms with Crippen molar-refractivity contribution in [1.29, 1.82) is 0 Å². The first-order chi connectivity index (χ1) is 12.8. The average Bonchev–Trinajstić information content (AvgIpc) is 2.61. The van der Waals surface area contributed by atoms with Gasteiger partial charge in [-0.15, -0.1) is 0 Å². The van der Waals surface area contributed by atoms with Crippen molar-refractivity contribution in [3.05, 3.63) is 75.1 Å². The van der Waals surface area contributed by atoms with Crippen molar-refractivity contribution in [3.63, 3.8) is 0 Å². The molecule has 27 heavy (non-hydrogen) atoms. The first kappa shape index (κ1) is 18.7. The van der Waals surface area contributed by atoms with Gasteiger partial charge in [-0.3, -0.25) is 14.9 Å². The monoisotopic (exact) mass is 365 g/mol. The molecular formula is C21H23N3O3. The summed E-state index contributed by atoms with van der Waals surface area (Å²) in [5, 5.41) is 13.1. The second-order valence-corrected chi connectivity index (χ2v) is 6.87. The van der Waals surface area contributed by atoms with Crippen LogP contribution in [0.15, 0.2) is 47.3 Å². The molecule has 0 aliphatic heterocycles. The summed E-state index contributed by atoms with van der Waals surface area (Å²) in [6.45, 7) is 4.23. The lowest BCUT2D eigenvalue weighted by molar-refractivity contribution is -0.120. The van der Waals surface area contributed by atoms with E-state index < -0.39 is 11.9 Å². The predicted molar refractivity (Wildman–Crippen MR) is 106 cm³/mol. The van der Waals surface area contributed by atoms with E-state index in [-0.39, 0.29) is 11.2 Å². The summed E-state index contributed by atoms with van der Waals surface area (Å²) in [5.41, 5.74) is 9.88. The SMILES string of the molecule is Cc1cc(C)c2[nH]c(CN[C@@H](Cc3ccc(O)cc3)C(N)=O)cc(=O)c2c1. The second-order valence-electron chi connectivity index (χ2n) is 6.87. The van der Waals surface area contributed by atoms with Gasteiger partial charge in [0.1, 0.15) is 5.75 Å². The van der Waals surface area contributed by atoms with E-state index in [1.54, 1.807) is 30.3 Å². The number of nitrogens with two attached hydrogens (primary N) is 1. The van der Waals surface area contributed by atoms with Gasteiger partial charge in [-0.05, 0) is 55.2 Å². The van der Waals surface area contributed by atoms with Crippen molar-refractivity contribution in [1.82, 2.24) is 10.3 Å². The zero-order valence-electron chi connectivity index (χ0n) is 15.4. The maximum Gasteiger partial charge on any atom is 0.234 e. The first-order valence-corrected chi connectivity index (χ1v) is 8.77. The van der Waals surface area contributed by atoms with E-state index in [0.29, 0.717) is 24.0 Å². The van der Waals surface area contributed by atoms with Crippen LogP contribution in [-0.4, -0.2) is 22.0 Å². The molecule has 3 aromatic rings. The number of nitrogens with one attached hydrogen (secondary N) is 2. The van der Waals surface area contributed by atoms with Gasteiger partial charge >= 0.3 is 0 Å². The fraction of sp³-hybridized carbons (Fsp3) is 0.238. The van der Waals surface area contributed by atoms with E-state index in [1.807, 2.05) is 26.0 Å². The smallest absolute Gasteiger partial charge is 0.234 e. The van der Waals surface area contributed by atoms with Crippen LogP contribution in [0.1, 0.15) is 22.4 Å². The van der Waals surface area contributed by atoms with Gasteiger partial charge in [0.15, 0.2) is 5.43 Å². The molecule has 0 aliphatic rings. The van der Waals surface area contributed by atoms with Crippen LogP contribution in [0.25, 0.3) is 10.9 Å². The molecule has 3 rings (SSSR count). The summed E-state index contributed by atoms with van der Waals surface area (Å²) in [7, 11) is 0. The van der Waals surface area contributed by atoms with E-state index in [1.165, 1.54) is 0 Å². The van der Waals surface area contributed by atoms with Crippen molar-refractivity contribution in [2.24, 2.45) is 5.73 Å². The molecule has 2 aromatic carbocycles. The number of aromatic hydroxyl groups is 1. The highest BCUT2D eigenvalue weighted by molar-refractivity contribution is 5.82. The number of aromatic amines is 1. The maximum atomic E-state index is 12.4. The predicted octanol–water partition coefficient (Wildman–Crippen LogP) is 2.04. The van der Waals surface area contributed by atoms with E-state index in [4.69, 9.17) is 5.73 Å². The van der Waals surface area contributed by atoms with Crippen LogP contribution in [0.5, 0.6) is 5.75 Å². The standard InChI is InChI=1S/C21H23N3O3/c1-12-7-13(2)20-17(8-12)19(26)10-15(24-20)11-23-18(21(22)27)9-14-3-5-16(25)6-4-14/h3-8,10,18,23,25H,9,11H2,1-2H3,(H2,22,27)(H,24,26)/t18-/m0/s1. The number of H-pyrrole nitrogens is 1. The van der Waals surface area contributed by atoms with Crippen molar-refractivity contribution in [3.8, 4) is 5.75 Å². The number of hydrogen-bond donors (Lipinski definition) is 4. The molecule has 1 atom stereocenters. The molecule has 0 unspecified atom stereocenters. The van der Waals surface area contributed by atoms with Crippen LogP contribution in [0.3, 0.4) is 0 Å². The molecule has 0 saturated heterocycles. The molecule has 0 bridgehead atoms. The second kappa shape index (κ2) is 7.63. The highest BCUT2D eigenvalue weighted by Gasteiger charge is 2.16. The largest absolute Gasteiger partial charge is 0.508 e. The molecule has 5 N–H and O–H groups in total. The number of phenols is 1. The van der Waals surface area contributed by atoms with Gasteiger partial charge in [-0.2, -0.15) is 0 Å². The fourth-order valence-corrected chi connectivity index (χ4v) is 3.23. The van der Waals surface area contributed by atoms with Crippen LogP contribution in [0.4, 0.5) is 0 Å². The molecule has 0 fully saturated rings. The number of amides is 1. The Morgan fingerprint density at radius 2 is 1.89 bits per heavy atom. The van der Waals surface area contributed by atoms with Crippen LogP contribution in [-0.2, 0) is 17.8 Å².